The number of benzene rings is 1. The lowest BCUT2D eigenvalue weighted by atomic mass is 10.3. The molecule has 0 unspecified atom stereocenters. The highest BCUT2D eigenvalue weighted by atomic mass is 16.4. The molecule has 0 bridgehead atoms. The third kappa shape index (κ3) is 2.62. The Morgan fingerprint density at radius 3 is 3.11 bits per heavy atom. The van der Waals surface area contributed by atoms with Gasteiger partial charge in [0.1, 0.15) is 12.1 Å². The van der Waals surface area contributed by atoms with Gasteiger partial charge in [0.2, 0.25) is 5.91 Å². The van der Waals surface area contributed by atoms with Gasteiger partial charge in [0.15, 0.2) is 5.58 Å². The molecule has 1 amide bonds. The van der Waals surface area contributed by atoms with Gasteiger partial charge in [-0.05, 0) is 25.0 Å². The number of carbonyl (C=O) groups is 1. The van der Waals surface area contributed by atoms with Crippen molar-refractivity contribution in [3.63, 3.8) is 0 Å². The molecule has 1 heterocycles. The Morgan fingerprint density at radius 2 is 2.37 bits per heavy atom. The van der Waals surface area contributed by atoms with E-state index in [2.05, 4.69) is 10.3 Å². The van der Waals surface area contributed by atoms with Gasteiger partial charge in [-0.1, -0.05) is 0 Å². The van der Waals surface area contributed by atoms with Gasteiger partial charge in [-0.15, -0.1) is 0 Å². The van der Waals surface area contributed by atoms with Crippen molar-refractivity contribution in [2.24, 2.45) is 0 Å². The highest BCUT2D eigenvalue weighted by Gasteiger charge is 2.24. The van der Waals surface area contributed by atoms with Crippen LogP contribution < -0.4 is 16.0 Å². The van der Waals surface area contributed by atoms with E-state index in [0.717, 1.165) is 18.4 Å². The maximum Gasteiger partial charge on any atom is 0.298 e. The van der Waals surface area contributed by atoms with Crippen molar-refractivity contribution in [1.29, 1.82) is 0 Å². The molecule has 0 spiro atoms. The van der Waals surface area contributed by atoms with Crippen molar-refractivity contribution in [3.05, 3.63) is 18.2 Å². The average Bonchev–Trinajstić information content (AvgIpc) is 3.05. The lowest BCUT2D eigenvalue weighted by Crippen LogP contribution is -2.36. The predicted molar refractivity (Wildman–Crippen MR) is 72.9 cm³/mol. The first-order chi connectivity index (χ1) is 9.11. The van der Waals surface area contributed by atoms with Crippen LogP contribution in [-0.2, 0) is 4.79 Å². The molecule has 1 aromatic heterocycles. The summed E-state index contributed by atoms with van der Waals surface area (Å²) in [6, 6.07) is 6.09. The summed E-state index contributed by atoms with van der Waals surface area (Å²) >= 11 is 0. The molecular formula is C13H16N4O2. The van der Waals surface area contributed by atoms with Crippen LogP contribution >= 0.6 is 0 Å². The number of aromatic nitrogens is 1. The van der Waals surface area contributed by atoms with Crippen molar-refractivity contribution in [1.82, 2.24) is 10.3 Å². The first kappa shape index (κ1) is 11.8. The quantitative estimate of drug-likeness (QED) is 0.805. The number of hydrogen-bond acceptors (Lipinski definition) is 5. The lowest BCUT2D eigenvalue weighted by molar-refractivity contribution is -0.119. The molecular weight excluding hydrogens is 244 g/mol. The molecule has 100 valence electrons. The van der Waals surface area contributed by atoms with Gasteiger partial charge in [0.05, 0.1) is 0 Å². The van der Waals surface area contributed by atoms with Crippen molar-refractivity contribution in [3.8, 4) is 0 Å². The lowest BCUT2D eigenvalue weighted by Gasteiger charge is -2.13. The van der Waals surface area contributed by atoms with Crippen LogP contribution in [0.3, 0.4) is 0 Å². The molecule has 1 aromatic carbocycles. The minimum atomic E-state index is -0.00762. The maximum atomic E-state index is 11.7. The molecule has 0 aliphatic heterocycles. The van der Waals surface area contributed by atoms with E-state index < -0.39 is 0 Å². The summed E-state index contributed by atoms with van der Waals surface area (Å²) in [5, 5.41) is 2.93. The van der Waals surface area contributed by atoms with Crippen LogP contribution in [0.4, 0.5) is 11.7 Å². The van der Waals surface area contributed by atoms with Crippen LogP contribution in [0.2, 0.25) is 0 Å². The molecule has 0 atom stereocenters. The number of fused-ring (bicyclic) bond motifs is 1. The van der Waals surface area contributed by atoms with Gasteiger partial charge in [0.25, 0.3) is 6.01 Å². The Hall–Kier alpha value is -2.24. The Bertz CT molecular complexity index is 618. The maximum absolute atomic E-state index is 11.7. The van der Waals surface area contributed by atoms with Gasteiger partial charge < -0.3 is 20.4 Å². The number of carbonyl (C=O) groups excluding carboxylic acids is 1. The normalized spacial score (nSPS) is 14.6. The van der Waals surface area contributed by atoms with E-state index in [-0.39, 0.29) is 12.5 Å². The predicted octanol–water partition coefficient (Wildman–Crippen LogP) is 1.12. The average molecular weight is 260 g/mol. The monoisotopic (exact) mass is 260 g/mol. The molecule has 1 aliphatic rings. The number of hydrogen-bond donors (Lipinski definition) is 2. The Labute approximate surface area is 110 Å². The van der Waals surface area contributed by atoms with Gasteiger partial charge in [0, 0.05) is 24.8 Å². The van der Waals surface area contributed by atoms with Crippen LogP contribution in [0.15, 0.2) is 22.6 Å². The summed E-state index contributed by atoms with van der Waals surface area (Å²) in [7, 11) is 1.78. The second kappa shape index (κ2) is 4.46. The van der Waals surface area contributed by atoms with Gasteiger partial charge in [-0.2, -0.15) is 4.98 Å². The second-order valence-electron chi connectivity index (χ2n) is 4.92. The summed E-state index contributed by atoms with van der Waals surface area (Å²) in [6.07, 6.45) is 2.16. The number of nitrogens with one attached hydrogen (secondary N) is 1. The fourth-order valence-electron chi connectivity index (χ4n) is 1.88. The van der Waals surface area contributed by atoms with E-state index in [9.17, 15) is 4.79 Å². The highest BCUT2D eigenvalue weighted by molar-refractivity contribution is 5.82. The first-order valence-electron chi connectivity index (χ1n) is 6.28. The zero-order valence-electron chi connectivity index (χ0n) is 10.7. The van der Waals surface area contributed by atoms with Crippen LogP contribution in [0.5, 0.6) is 0 Å². The van der Waals surface area contributed by atoms with Crippen molar-refractivity contribution < 1.29 is 9.21 Å². The van der Waals surface area contributed by atoms with E-state index in [1.165, 1.54) is 0 Å². The van der Waals surface area contributed by atoms with E-state index in [1.54, 1.807) is 30.1 Å². The number of nitrogens with two attached hydrogens (primary N) is 1. The number of nitrogens with zero attached hydrogens (tertiary/aromatic N) is 2. The molecule has 0 saturated heterocycles. The van der Waals surface area contributed by atoms with Crippen LogP contribution in [0.1, 0.15) is 12.8 Å². The summed E-state index contributed by atoms with van der Waals surface area (Å²) in [5.74, 6) is -0.00762. The Balaban J connectivity index is 1.73. The molecule has 1 aliphatic carbocycles. The minimum Gasteiger partial charge on any atom is -0.423 e. The SMILES string of the molecule is CN(CC(=O)NC1CC1)c1nc2ccc(N)cc2o1. The Morgan fingerprint density at radius 1 is 1.58 bits per heavy atom. The summed E-state index contributed by atoms with van der Waals surface area (Å²) in [4.78, 5) is 17.7. The molecule has 1 saturated carbocycles. The molecule has 3 N–H and O–H groups in total. The molecule has 0 radical (unpaired) electrons. The number of amides is 1. The van der Waals surface area contributed by atoms with Crippen molar-refractivity contribution in [2.75, 3.05) is 24.2 Å². The fourth-order valence-corrected chi connectivity index (χ4v) is 1.88. The summed E-state index contributed by atoms with van der Waals surface area (Å²) < 4.78 is 5.59. The molecule has 1 fully saturated rings. The number of oxazole rings is 1. The third-order valence-corrected chi connectivity index (χ3v) is 3.05. The smallest absolute Gasteiger partial charge is 0.298 e. The number of likely N-dealkylation sites (N-methyl/N-ethyl adjacent to an activating group) is 1. The standard InChI is InChI=1S/C13H16N4O2/c1-17(7-12(18)15-9-3-4-9)13-16-10-5-2-8(14)6-11(10)19-13/h2,5-6,9H,3-4,7,14H2,1H3,(H,15,18). The first-order valence-corrected chi connectivity index (χ1v) is 6.28. The largest absolute Gasteiger partial charge is 0.423 e. The second-order valence-corrected chi connectivity index (χ2v) is 4.92. The van der Waals surface area contributed by atoms with Crippen LogP contribution in [0.25, 0.3) is 11.1 Å². The number of anilines is 2. The van der Waals surface area contributed by atoms with E-state index in [1.807, 2.05) is 0 Å². The topological polar surface area (TPSA) is 84.4 Å². The number of nitrogen functional groups attached to an aromatic ring is 1. The molecule has 6 nitrogen and oxygen atoms in total. The van der Waals surface area contributed by atoms with Gasteiger partial charge >= 0.3 is 0 Å². The van der Waals surface area contributed by atoms with Crippen molar-refractivity contribution >= 4 is 28.7 Å². The summed E-state index contributed by atoms with van der Waals surface area (Å²) in [5.41, 5.74) is 7.68. The molecule has 3 rings (SSSR count). The van der Waals surface area contributed by atoms with Crippen LogP contribution in [0, 0.1) is 0 Å². The van der Waals surface area contributed by atoms with Gasteiger partial charge in [-0.25, -0.2) is 0 Å². The Kier molecular flexibility index (Phi) is 2.77. The highest BCUT2D eigenvalue weighted by Crippen LogP contribution is 2.23. The van der Waals surface area contributed by atoms with Crippen LogP contribution in [-0.4, -0.2) is 30.5 Å². The zero-order valence-corrected chi connectivity index (χ0v) is 10.7. The van der Waals surface area contributed by atoms with E-state index >= 15 is 0 Å². The van der Waals surface area contributed by atoms with Crippen molar-refractivity contribution in [2.45, 2.75) is 18.9 Å². The zero-order chi connectivity index (χ0) is 13.4. The molecule has 19 heavy (non-hydrogen) atoms. The van der Waals surface area contributed by atoms with E-state index in [0.29, 0.717) is 23.3 Å². The third-order valence-electron chi connectivity index (χ3n) is 3.05. The molecule has 6 heteroatoms. The molecule has 2 aromatic rings. The minimum absolute atomic E-state index is 0.00762. The summed E-state index contributed by atoms with van der Waals surface area (Å²) in [6.45, 7) is 0.235. The van der Waals surface area contributed by atoms with Gasteiger partial charge in [-0.3, -0.25) is 4.79 Å². The fraction of sp³-hybridized carbons (Fsp3) is 0.385. The van der Waals surface area contributed by atoms with E-state index in [4.69, 9.17) is 10.2 Å². The number of rotatable bonds is 4.